The van der Waals surface area contributed by atoms with E-state index in [-0.39, 0.29) is 28.2 Å². The number of pyridine rings is 2. The molecular weight excluding hydrogens is 297 g/mol. The van der Waals surface area contributed by atoms with Gasteiger partial charge in [0.15, 0.2) is 0 Å². The molecule has 0 bridgehead atoms. The Morgan fingerprint density at radius 3 is 2.50 bits per heavy atom. The third-order valence-corrected chi connectivity index (χ3v) is 4.12. The number of hydrogen-bond acceptors (Lipinski definition) is 3. The quantitative estimate of drug-likeness (QED) is 0.877. The molecule has 2 heterocycles. The molecule has 118 valence electrons. The second kappa shape index (κ2) is 4.47. The summed E-state index contributed by atoms with van der Waals surface area (Å²) in [6.45, 7) is 4.08. The number of nitrogens with zero attached hydrogens (tertiary/aromatic N) is 2. The molecule has 2 aromatic rings. The highest BCUT2D eigenvalue weighted by molar-refractivity contribution is 5.81. The number of halogens is 3. The lowest BCUT2D eigenvalue weighted by Crippen LogP contribution is -2.39. The first-order valence-corrected chi connectivity index (χ1v) is 6.90. The van der Waals surface area contributed by atoms with Crippen molar-refractivity contribution < 1.29 is 18.3 Å². The molecule has 0 radical (unpaired) electrons. The minimum atomic E-state index is -4.68. The molecule has 0 atom stereocenters. The predicted molar refractivity (Wildman–Crippen MR) is 74.7 cm³/mol. The average Bonchev–Trinajstić information content (AvgIpc) is 2.34. The van der Waals surface area contributed by atoms with Crippen LogP contribution in [0.1, 0.15) is 38.3 Å². The monoisotopic (exact) mass is 312 g/mol. The fourth-order valence-electron chi connectivity index (χ4n) is 3.20. The van der Waals surface area contributed by atoms with E-state index in [1.165, 1.54) is 4.57 Å². The van der Waals surface area contributed by atoms with Crippen molar-refractivity contribution in [3.63, 3.8) is 0 Å². The van der Waals surface area contributed by atoms with E-state index in [0.29, 0.717) is 18.9 Å². The van der Waals surface area contributed by atoms with Gasteiger partial charge in [-0.3, -0.25) is 9.36 Å². The lowest BCUT2D eigenvalue weighted by Gasteiger charge is -2.43. The van der Waals surface area contributed by atoms with Gasteiger partial charge in [0.25, 0.3) is 5.56 Å². The van der Waals surface area contributed by atoms with Crippen LogP contribution in [0.3, 0.4) is 0 Å². The van der Waals surface area contributed by atoms with E-state index in [1.54, 1.807) is 0 Å². The van der Waals surface area contributed by atoms with Crippen molar-refractivity contribution in [3.8, 4) is 5.75 Å². The molecule has 2 aromatic heterocycles. The molecule has 4 nitrogen and oxygen atoms in total. The fraction of sp³-hybridized carbons (Fsp3) is 0.467. The van der Waals surface area contributed by atoms with Crippen molar-refractivity contribution >= 4 is 11.0 Å². The third-order valence-electron chi connectivity index (χ3n) is 4.12. The van der Waals surface area contributed by atoms with E-state index in [1.807, 2.05) is 13.8 Å². The summed E-state index contributed by atoms with van der Waals surface area (Å²) >= 11 is 0. The van der Waals surface area contributed by atoms with Crippen LogP contribution < -0.4 is 5.56 Å². The average molecular weight is 312 g/mol. The molecule has 3 rings (SSSR count). The zero-order valence-corrected chi connectivity index (χ0v) is 12.1. The van der Waals surface area contributed by atoms with E-state index in [9.17, 15) is 23.1 Å². The van der Waals surface area contributed by atoms with Crippen LogP contribution in [0.5, 0.6) is 5.75 Å². The maximum absolute atomic E-state index is 13.1. The molecule has 0 aliphatic heterocycles. The van der Waals surface area contributed by atoms with Crippen molar-refractivity contribution in [2.24, 2.45) is 5.41 Å². The molecular formula is C15H15F3N2O2. The van der Waals surface area contributed by atoms with E-state index >= 15 is 0 Å². The molecule has 22 heavy (non-hydrogen) atoms. The number of aromatic hydroxyl groups is 1. The first-order chi connectivity index (χ1) is 10.1. The molecule has 0 amide bonds. The standard InChI is InChI=1S/C15H15F3N2O2/c1-14(2)5-8(6-14)20-12(22)4-11(15(16,17)18)10-3-9(21)7-19-13(10)20/h3-4,7-8,21H,5-6H2,1-2H3. The van der Waals surface area contributed by atoms with E-state index in [0.717, 1.165) is 12.3 Å². The van der Waals surface area contributed by atoms with Crippen molar-refractivity contribution in [3.05, 3.63) is 34.2 Å². The SMILES string of the molecule is CC1(C)CC(n2c(=O)cc(C(F)(F)F)c3cc(O)cnc32)C1. The van der Waals surface area contributed by atoms with Crippen LogP contribution in [0.2, 0.25) is 0 Å². The van der Waals surface area contributed by atoms with Gasteiger partial charge in [-0.2, -0.15) is 13.2 Å². The Balaban J connectivity index is 2.27. The molecule has 1 N–H and O–H groups in total. The van der Waals surface area contributed by atoms with Gasteiger partial charge < -0.3 is 5.11 Å². The first kappa shape index (κ1) is 14.9. The Hall–Kier alpha value is -2.05. The lowest BCUT2D eigenvalue weighted by atomic mass is 9.68. The normalized spacial score (nSPS) is 18.4. The van der Waals surface area contributed by atoms with Crippen molar-refractivity contribution in [1.29, 1.82) is 0 Å². The summed E-state index contributed by atoms with van der Waals surface area (Å²) in [5, 5.41) is 9.20. The van der Waals surface area contributed by atoms with Crippen LogP contribution in [0.25, 0.3) is 11.0 Å². The van der Waals surface area contributed by atoms with E-state index in [2.05, 4.69) is 4.98 Å². The van der Waals surface area contributed by atoms with Gasteiger partial charge in [0.2, 0.25) is 0 Å². The molecule has 1 aliphatic rings. The highest BCUT2D eigenvalue weighted by Gasteiger charge is 2.40. The summed E-state index contributed by atoms with van der Waals surface area (Å²) in [4.78, 5) is 16.1. The highest BCUT2D eigenvalue weighted by Crippen LogP contribution is 2.48. The largest absolute Gasteiger partial charge is 0.506 e. The zero-order valence-electron chi connectivity index (χ0n) is 12.1. The van der Waals surface area contributed by atoms with Gasteiger partial charge in [-0.05, 0) is 24.3 Å². The van der Waals surface area contributed by atoms with Gasteiger partial charge in [-0.25, -0.2) is 4.98 Å². The van der Waals surface area contributed by atoms with E-state index < -0.39 is 17.3 Å². The van der Waals surface area contributed by atoms with Crippen LogP contribution >= 0.6 is 0 Å². The molecule has 1 fully saturated rings. The van der Waals surface area contributed by atoms with E-state index in [4.69, 9.17) is 0 Å². The van der Waals surface area contributed by atoms with Crippen LogP contribution in [0, 0.1) is 5.41 Å². The molecule has 1 aliphatic carbocycles. The Morgan fingerprint density at radius 2 is 1.95 bits per heavy atom. The molecule has 0 saturated heterocycles. The molecule has 7 heteroatoms. The van der Waals surface area contributed by atoms with Crippen molar-refractivity contribution in [2.45, 2.75) is 38.9 Å². The van der Waals surface area contributed by atoms with Gasteiger partial charge in [-0.1, -0.05) is 13.8 Å². The summed E-state index contributed by atoms with van der Waals surface area (Å²) in [7, 11) is 0. The Morgan fingerprint density at radius 1 is 1.32 bits per heavy atom. The van der Waals surface area contributed by atoms with Crippen LogP contribution in [-0.2, 0) is 6.18 Å². The zero-order chi connectivity index (χ0) is 16.3. The fourth-order valence-corrected chi connectivity index (χ4v) is 3.20. The maximum Gasteiger partial charge on any atom is 0.417 e. The Bertz CT molecular complexity index is 801. The van der Waals surface area contributed by atoms with Gasteiger partial charge in [0.05, 0.1) is 11.8 Å². The van der Waals surface area contributed by atoms with Crippen LogP contribution in [0.4, 0.5) is 13.2 Å². The summed E-state index contributed by atoms with van der Waals surface area (Å²) in [6.07, 6.45) is -2.21. The summed E-state index contributed by atoms with van der Waals surface area (Å²) in [5.74, 6) is -0.364. The Kier molecular flexibility index (Phi) is 3.02. The predicted octanol–water partition coefficient (Wildman–Crippen LogP) is 3.48. The second-order valence-electron chi connectivity index (χ2n) is 6.55. The number of fused-ring (bicyclic) bond motifs is 1. The van der Waals surface area contributed by atoms with Crippen molar-refractivity contribution in [2.75, 3.05) is 0 Å². The van der Waals surface area contributed by atoms with Crippen LogP contribution in [-0.4, -0.2) is 14.7 Å². The summed E-state index contributed by atoms with van der Waals surface area (Å²) in [5.41, 5.74) is -1.74. The summed E-state index contributed by atoms with van der Waals surface area (Å²) in [6, 6.07) is 1.43. The number of aromatic nitrogens is 2. The number of hydrogen-bond donors (Lipinski definition) is 1. The smallest absolute Gasteiger partial charge is 0.417 e. The summed E-state index contributed by atoms with van der Waals surface area (Å²) < 4.78 is 40.7. The highest BCUT2D eigenvalue weighted by atomic mass is 19.4. The minimum absolute atomic E-state index is 0.0295. The van der Waals surface area contributed by atoms with Gasteiger partial charge in [0, 0.05) is 17.5 Å². The maximum atomic E-state index is 13.1. The van der Waals surface area contributed by atoms with Crippen LogP contribution in [0.15, 0.2) is 23.1 Å². The number of rotatable bonds is 1. The molecule has 1 saturated carbocycles. The number of alkyl halides is 3. The molecule has 0 unspecified atom stereocenters. The lowest BCUT2D eigenvalue weighted by molar-refractivity contribution is -0.136. The van der Waals surface area contributed by atoms with Crippen molar-refractivity contribution in [1.82, 2.24) is 9.55 Å². The third kappa shape index (κ3) is 2.34. The minimum Gasteiger partial charge on any atom is -0.506 e. The van der Waals surface area contributed by atoms with Gasteiger partial charge in [-0.15, -0.1) is 0 Å². The molecule has 0 aromatic carbocycles. The topological polar surface area (TPSA) is 55.1 Å². The molecule has 0 spiro atoms. The second-order valence-corrected chi connectivity index (χ2v) is 6.55. The van der Waals surface area contributed by atoms with Gasteiger partial charge in [0.1, 0.15) is 11.4 Å². The Labute approximate surface area is 124 Å². The van der Waals surface area contributed by atoms with Gasteiger partial charge >= 0.3 is 6.18 Å². The first-order valence-electron chi connectivity index (χ1n) is 6.90.